The van der Waals surface area contributed by atoms with Crippen LogP contribution < -0.4 is 5.32 Å². The molecule has 0 aliphatic heterocycles. The van der Waals surface area contributed by atoms with Crippen LogP contribution in [0.25, 0.3) is 16.6 Å². The lowest BCUT2D eigenvalue weighted by molar-refractivity contribution is -0.384. The molecule has 1 amide bonds. The van der Waals surface area contributed by atoms with Crippen molar-refractivity contribution in [1.82, 2.24) is 19.7 Å². The van der Waals surface area contributed by atoms with Crippen molar-refractivity contribution in [3.8, 4) is 5.69 Å². The molecule has 2 aromatic heterocycles. The number of nitro benzene ring substituents is 1. The van der Waals surface area contributed by atoms with E-state index in [0.717, 1.165) is 10.9 Å². The zero-order valence-electron chi connectivity index (χ0n) is 13.8. The minimum Gasteiger partial charge on any atom is -0.321 e. The van der Waals surface area contributed by atoms with E-state index in [4.69, 9.17) is 0 Å². The number of nitro groups is 1. The van der Waals surface area contributed by atoms with Gasteiger partial charge in [-0.05, 0) is 36.4 Å². The fourth-order valence-electron chi connectivity index (χ4n) is 2.74. The maximum Gasteiger partial charge on any atom is 0.295 e. The topological polar surface area (TPSA) is 116 Å². The molecule has 0 spiro atoms. The van der Waals surface area contributed by atoms with Crippen LogP contribution in [-0.4, -0.2) is 30.6 Å². The van der Waals surface area contributed by atoms with Crippen molar-refractivity contribution >= 4 is 28.2 Å². The Labute approximate surface area is 152 Å². The molecule has 0 aliphatic rings. The van der Waals surface area contributed by atoms with E-state index >= 15 is 0 Å². The molecule has 132 valence electrons. The van der Waals surface area contributed by atoms with E-state index in [1.165, 1.54) is 35.5 Å². The lowest BCUT2D eigenvalue weighted by atomic mass is 10.1. The largest absolute Gasteiger partial charge is 0.321 e. The second kappa shape index (κ2) is 6.64. The van der Waals surface area contributed by atoms with Gasteiger partial charge in [-0.15, -0.1) is 0 Å². The molecule has 0 atom stereocenters. The predicted molar refractivity (Wildman–Crippen MR) is 97.7 cm³/mol. The summed E-state index contributed by atoms with van der Waals surface area (Å²) in [4.78, 5) is 31.5. The number of rotatable bonds is 4. The predicted octanol–water partition coefficient (Wildman–Crippen LogP) is 2.98. The summed E-state index contributed by atoms with van der Waals surface area (Å²) in [5, 5.41) is 18.9. The highest BCUT2D eigenvalue weighted by Crippen LogP contribution is 2.25. The third-order valence-electron chi connectivity index (χ3n) is 3.99. The minimum absolute atomic E-state index is 0.159. The zero-order chi connectivity index (χ0) is 18.8. The first kappa shape index (κ1) is 16.3. The number of anilines is 1. The van der Waals surface area contributed by atoms with Crippen molar-refractivity contribution in [2.45, 2.75) is 0 Å². The summed E-state index contributed by atoms with van der Waals surface area (Å²) in [6, 6.07) is 13.2. The van der Waals surface area contributed by atoms with Crippen LogP contribution in [0.3, 0.4) is 0 Å². The normalized spacial score (nSPS) is 10.7. The van der Waals surface area contributed by atoms with Gasteiger partial charge in [0.1, 0.15) is 18.3 Å². The van der Waals surface area contributed by atoms with Crippen LogP contribution in [0.2, 0.25) is 0 Å². The summed E-state index contributed by atoms with van der Waals surface area (Å²) in [5.74, 6) is -0.459. The molecule has 2 heterocycles. The van der Waals surface area contributed by atoms with Gasteiger partial charge in [-0.3, -0.25) is 19.9 Å². The molecule has 1 N–H and O–H groups in total. The molecule has 4 aromatic rings. The Hall–Kier alpha value is -4.14. The molecule has 27 heavy (non-hydrogen) atoms. The van der Waals surface area contributed by atoms with E-state index in [-0.39, 0.29) is 16.9 Å². The van der Waals surface area contributed by atoms with E-state index in [1.807, 2.05) is 12.1 Å². The molecule has 0 saturated heterocycles. The fourth-order valence-corrected chi connectivity index (χ4v) is 2.74. The average molecular weight is 360 g/mol. The van der Waals surface area contributed by atoms with E-state index < -0.39 is 10.8 Å². The van der Waals surface area contributed by atoms with E-state index in [0.29, 0.717) is 5.69 Å². The van der Waals surface area contributed by atoms with Crippen LogP contribution in [-0.2, 0) is 0 Å². The Morgan fingerprint density at radius 2 is 2.04 bits per heavy atom. The van der Waals surface area contributed by atoms with Gasteiger partial charge in [0.25, 0.3) is 11.6 Å². The summed E-state index contributed by atoms with van der Waals surface area (Å²) in [7, 11) is 0. The molecule has 0 fully saturated rings. The van der Waals surface area contributed by atoms with Crippen LogP contribution in [0.5, 0.6) is 0 Å². The Balaban J connectivity index is 1.70. The van der Waals surface area contributed by atoms with Gasteiger partial charge in [-0.25, -0.2) is 9.67 Å². The first-order chi connectivity index (χ1) is 13.1. The van der Waals surface area contributed by atoms with E-state index in [1.54, 1.807) is 24.4 Å². The maximum absolute atomic E-state index is 12.6. The summed E-state index contributed by atoms with van der Waals surface area (Å²) in [6.07, 6.45) is 4.30. The third kappa shape index (κ3) is 3.09. The molecule has 9 heteroatoms. The molecule has 0 bridgehead atoms. The number of carbonyl (C=O) groups excluding carboxylic acids is 1. The van der Waals surface area contributed by atoms with Gasteiger partial charge >= 0.3 is 0 Å². The summed E-state index contributed by atoms with van der Waals surface area (Å²) >= 11 is 0. The lowest BCUT2D eigenvalue weighted by Crippen LogP contribution is -2.13. The van der Waals surface area contributed by atoms with E-state index in [9.17, 15) is 14.9 Å². The number of amides is 1. The van der Waals surface area contributed by atoms with Crippen LogP contribution in [0.1, 0.15) is 10.4 Å². The van der Waals surface area contributed by atoms with E-state index in [2.05, 4.69) is 20.4 Å². The summed E-state index contributed by atoms with van der Waals surface area (Å²) in [6.45, 7) is 0. The first-order valence-electron chi connectivity index (χ1n) is 7.92. The highest BCUT2D eigenvalue weighted by molar-refractivity contribution is 6.09. The Kier molecular flexibility index (Phi) is 4.01. The number of nitrogens with one attached hydrogen (secondary N) is 1. The van der Waals surface area contributed by atoms with Gasteiger partial charge in [-0.2, -0.15) is 5.10 Å². The minimum atomic E-state index is -0.560. The SMILES string of the molecule is O=C(Nc1cccc2ncccc12)c1ccc(-n2cncn2)c([N+](=O)[O-])c1. The van der Waals surface area contributed by atoms with Gasteiger partial charge in [-0.1, -0.05) is 6.07 Å². The van der Waals surface area contributed by atoms with Crippen molar-refractivity contribution in [2.75, 3.05) is 5.32 Å². The molecule has 4 rings (SSSR count). The number of pyridine rings is 1. The van der Waals surface area contributed by atoms with Gasteiger partial charge in [0.2, 0.25) is 0 Å². The molecular weight excluding hydrogens is 348 g/mol. The third-order valence-corrected chi connectivity index (χ3v) is 3.99. The lowest BCUT2D eigenvalue weighted by Gasteiger charge is -2.09. The average Bonchev–Trinajstić information content (AvgIpc) is 3.22. The van der Waals surface area contributed by atoms with Crippen molar-refractivity contribution in [1.29, 1.82) is 0 Å². The van der Waals surface area contributed by atoms with Gasteiger partial charge in [0.15, 0.2) is 0 Å². The van der Waals surface area contributed by atoms with Gasteiger partial charge < -0.3 is 5.32 Å². The number of hydrogen-bond acceptors (Lipinski definition) is 6. The number of nitrogens with zero attached hydrogens (tertiary/aromatic N) is 5. The number of benzene rings is 2. The van der Waals surface area contributed by atoms with Crippen LogP contribution >= 0.6 is 0 Å². The number of aromatic nitrogens is 4. The molecule has 2 aromatic carbocycles. The Morgan fingerprint density at radius 1 is 1.15 bits per heavy atom. The van der Waals surface area contributed by atoms with Crippen LogP contribution in [0, 0.1) is 10.1 Å². The quantitative estimate of drug-likeness (QED) is 0.442. The molecule has 0 radical (unpaired) electrons. The smallest absolute Gasteiger partial charge is 0.295 e. The first-order valence-corrected chi connectivity index (χ1v) is 7.92. The second-order valence-electron chi connectivity index (χ2n) is 5.63. The Bertz CT molecular complexity index is 1150. The standard InChI is InChI=1S/C18H12N6O3/c25-18(22-15-5-1-4-14-13(15)3-2-8-20-14)12-6-7-16(17(9-12)24(26)27)23-11-19-10-21-23/h1-11H,(H,22,25). The monoisotopic (exact) mass is 360 g/mol. The summed E-state index contributed by atoms with van der Waals surface area (Å²) in [5.41, 5.74) is 1.46. The number of carbonyl (C=O) groups is 1. The van der Waals surface area contributed by atoms with Crippen molar-refractivity contribution in [3.63, 3.8) is 0 Å². The highest BCUT2D eigenvalue weighted by Gasteiger charge is 2.19. The van der Waals surface area contributed by atoms with Gasteiger partial charge in [0, 0.05) is 23.2 Å². The second-order valence-corrected chi connectivity index (χ2v) is 5.63. The van der Waals surface area contributed by atoms with Gasteiger partial charge in [0.05, 0.1) is 16.1 Å². The molecule has 0 aliphatic carbocycles. The Morgan fingerprint density at radius 3 is 2.81 bits per heavy atom. The number of hydrogen-bond donors (Lipinski definition) is 1. The summed E-state index contributed by atoms with van der Waals surface area (Å²) < 4.78 is 1.27. The van der Waals surface area contributed by atoms with Crippen LogP contribution in [0.15, 0.2) is 67.4 Å². The van der Waals surface area contributed by atoms with Crippen molar-refractivity contribution in [3.05, 3.63) is 83.1 Å². The maximum atomic E-state index is 12.6. The molecular formula is C18H12N6O3. The van der Waals surface area contributed by atoms with Crippen molar-refractivity contribution in [2.24, 2.45) is 0 Å². The molecule has 9 nitrogen and oxygen atoms in total. The molecule has 0 unspecified atom stereocenters. The van der Waals surface area contributed by atoms with Crippen molar-refractivity contribution < 1.29 is 9.72 Å². The van der Waals surface area contributed by atoms with Crippen LogP contribution in [0.4, 0.5) is 11.4 Å². The highest BCUT2D eigenvalue weighted by atomic mass is 16.6. The zero-order valence-corrected chi connectivity index (χ0v) is 13.8. The number of fused-ring (bicyclic) bond motifs is 1. The molecule has 0 saturated carbocycles. The fraction of sp³-hybridized carbons (Fsp3) is 0.